The highest BCUT2D eigenvalue weighted by atomic mass is 16.6. The summed E-state index contributed by atoms with van der Waals surface area (Å²) in [5.41, 5.74) is 1.69. The van der Waals surface area contributed by atoms with Crippen LogP contribution in [0.2, 0.25) is 0 Å². The van der Waals surface area contributed by atoms with Gasteiger partial charge >= 0.3 is 0 Å². The molecule has 3 aromatic rings. The molecule has 1 amide bonds. The molecule has 0 spiro atoms. The molecule has 1 N–H and O–H groups in total. The molecule has 2 heterocycles. The number of ether oxygens (including phenoxy) is 3. The number of benzene rings is 2. The number of aromatic nitrogens is 2. The molecule has 1 atom stereocenters. The number of rotatable bonds is 6. The molecule has 0 bridgehead atoms. The summed E-state index contributed by atoms with van der Waals surface area (Å²) in [5, 5.41) is 7.06. The molecule has 28 heavy (non-hydrogen) atoms. The SMILES string of the molecule is Cc1cccc(OCC(=O)Nc2cnn(CC3COc4ccccc4O3)c2)c1. The van der Waals surface area contributed by atoms with Crippen molar-refractivity contribution in [2.45, 2.75) is 19.6 Å². The lowest BCUT2D eigenvalue weighted by Crippen LogP contribution is -2.33. The molecule has 1 unspecified atom stereocenters. The van der Waals surface area contributed by atoms with Crippen molar-refractivity contribution in [2.24, 2.45) is 0 Å². The predicted octanol–water partition coefficient (Wildman–Crippen LogP) is 3.05. The van der Waals surface area contributed by atoms with Crippen molar-refractivity contribution < 1.29 is 19.0 Å². The van der Waals surface area contributed by atoms with Gasteiger partial charge in [0.1, 0.15) is 12.4 Å². The summed E-state index contributed by atoms with van der Waals surface area (Å²) >= 11 is 0. The smallest absolute Gasteiger partial charge is 0.262 e. The minimum Gasteiger partial charge on any atom is -0.486 e. The second kappa shape index (κ2) is 8.04. The third kappa shape index (κ3) is 4.43. The molecular weight excluding hydrogens is 358 g/mol. The van der Waals surface area contributed by atoms with Crippen LogP contribution in [0.4, 0.5) is 5.69 Å². The summed E-state index contributed by atoms with van der Waals surface area (Å²) in [5.74, 6) is 1.90. The molecule has 7 heteroatoms. The molecule has 0 radical (unpaired) electrons. The van der Waals surface area contributed by atoms with Crippen LogP contribution < -0.4 is 19.5 Å². The number of aryl methyl sites for hydroxylation is 1. The van der Waals surface area contributed by atoms with Crippen LogP contribution in [0.15, 0.2) is 60.9 Å². The Morgan fingerprint density at radius 1 is 1.25 bits per heavy atom. The number of nitrogens with zero attached hydrogens (tertiary/aromatic N) is 2. The van der Waals surface area contributed by atoms with E-state index < -0.39 is 0 Å². The molecule has 1 aliphatic rings. The zero-order valence-electron chi connectivity index (χ0n) is 15.5. The lowest BCUT2D eigenvalue weighted by Gasteiger charge is -2.26. The molecule has 1 aromatic heterocycles. The molecule has 7 nitrogen and oxygen atoms in total. The summed E-state index contributed by atoms with van der Waals surface area (Å²) in [4.78, 5) is 12.1. The normalized spacial score (nSPS) is 15.1. The van der Waals surface area contributed by atoms with Gasteiger partial charge in [-0.05, 0) is 36.8 Å². The van der Waals surface area contributed by atoms with E-state index >= 15 is 0 Å². The molecule has 4 rings (SSSR count). The molecule has 0 saturated carbocycles. The third-order valence-corrected chi connectivity index (χ3v) is 4.23. The van der Waals surface area contributed by atoms with E-state index in [2.05, 4.69) is 10.4 Å². The van der Waals surface area contributed by atoms with Crippen LogP contribution in [0.3, 0.4) is 0 Å². The Morgan fingerprint density at radius 2 is 2.11 bits per heavy atom. The van der Waals surface area contributed by atoms with Gasteiger partial charge in [0.2, 0.25) is 0 Å². The Bertz CT molecular complexity index is 970. The fourth-order valence-electron chi connectivity index (χ4n) is 2.94. The highest BCUT2D eigenvalue weighted by Crippen LogP contribution is 2.31. The highest BCUT2D eigenvalue weighted by Gasteiger charge is 2.21. The van der Waals surface area contributed by atoms with Gasteiger partial charge < -0.3 is 19.5 Å². The molecule has 0 fully saturated rings. The van der Waals surface area contributed by atoms with Gasteiger partial charge in [-0.2, -0.15) is 5.10 Å². The molecular formula is C21H21N3O4. The van der Waals surface area contributed by atoms with Crippen LogP contribution in [-0.2, 0) is 11.3 Å². The van der Waals surface area contributed by atoms with Gasteiger partial charge in [0.05, 0.1) is 18.4 Å². The third-order valence-electron chi connectivity index (χ3n) is 4.23. The van der Waals surface area contributed by atoms with Crippen LogP contribution in [0.1, 0.15) is 5.56 Å². The number of para-hydroxylation sites is 2. The van der Waals surface area contributed by atoms with Crippen LogP contribution in [0, 0.1) is 6.92 Å². The first-order valence-electron chi connectivity index (χ1n) is 9.06. The Balaban J connectivity index is 1.28. The first-order valence-corrected chi connectivity index (χ1v) is 9.06. The van der Waals surface area contributed by atoms with Crippen molar-refractivity contribution in [1.29, 1.82) is 0 Å². The standard InChI is InChI=1S/C21H21N3O4/c1-15-5-4-6-17(9-15)26-14-21(25)23-16-10-22-24(11-16)12-18-13-27-19-7-2-3-8-20(19)28-18/h2-11,18H,12-14H2,1H3,(H,23,25). The monoisotopic (exact) mass is 379 g/mol. The first kappa shape index (κ1) is 17.9. The van der Waals surface area contributed by atoms with Crippen molar-refractivity contribution in [2.75, 3.05) is 18.5 Å². The van der Waals surface area contributed by atoms with Crippen molar-refractivity contribution in [1.82, 2.24) is 9.78 Å². The molecule has 144 valence electrons. The average molecular weight is 379 g/mol. The van der Waals surface area contributed by atoms with Crippen LogP contribution in [-0.4, -0.2) is 35.0 Å². The minimum atomic E-state index is -0.243. The summed E-state index contributed by atoms with van der Waals surface area (Å²) < 4.78 is 18.9. The molecule has 0 saturated heterocycles. The maximum absolute atomic E-state index is 12.1. The second-order valence-corrected chi connectivity index (χ2v) is 6.60. The van der Waals surface area contributed by atoms with Gasteiger partial charge in [-0.15, -0.1) is 0 Å². The van der Waals surface area contributed by atoms with E-state index in [1.807, 2.05) is 55.5 Å². The van der Waals surface area contributed by atoms with Gasteiger partial charge in [-0.1, -0.05) is 24.3 Å². The zero-order valence-corrected chi connectivity index (χ0v) is 15.5. The molecule has 0 aliphatic carbocycles. The summed E-state index contributed by atoms with van der Waals surface area (Å²) in [6, 6.07) is 15.1. The highest BCUT2D eigenvalue weighted by molar-refractivity contribution is 5.91. The number of fused-ring (bicyclic) bond motifs is 1. The van der Waals surface area contributed by atoms with E-state index in [-0.39, 0.29) is 18.6 Å². The van der Waals surface area contributed by atoms with E-state index in [1.54, 1.807) is 17.1 Å². The summed E-state index contributed by atoms with van der Waals surface area (Å²) in [6.45, 7) is 2.87. The Labute approximate surface area is 162 Å². The quantitative estimate of drug-likeness (QED) is 0.713. The fraction of sp³-hybridized carbons (Fsp3) is 0.238. The van der Waals surface area contributed by atoms with E-state index in [0.29, 0.717) is 24.6 Å². The largest absolute Gasteiger partial charge is 0.486 e. The Hall–Kier alpha value is -3.48. The fourth-order valence-corrected chi connectivity index (χ4v) is 2.94. The second-order valence-electron chi connectivity index (χ2n) is 6.60. The van der Waals surface area contributed by atoms with Crippen LogP contribution in [0.5, 0.6) is 17.2 Å². The predicted molar refractivity (Wildman–Crippen MR) is 104 cm³/mol. The number of hydrogen-bond donors (Lipinski definition) is 1. The summed E-state index contributed by atoms with van der Waals surface area (Å²) in [6.07, 6.45) is 3.21. The summed E-state index contributed by atoms with van der Waals surface area (Å²) in [7, 11) is 0. The Kier molecular flexibility index (Phi) is 5.14. The van der Waals surface area contributed by atoms with Gasteiger partial charge in [-0.3, -0.25) is 9.48 Å². The number of carbonyl (C=O) groups is 1. The van der Waals surface area contributed by atoms with Gasteiger partial charge in [0.15, 0.2) is 24.2 Å². The van der Waals surface area contributed by atoms with E-state index in [9.17, 15) is 4.79 Å². The van der Waals surface area contributed by atoms with E-state index in [4.69, 9.17) is 14.2 Å². The lowest BCUT2D eigenvalue weighted by molar-refractivity contribution is -0.118. The minimum absolute atomic E-state index is 0.0645. The molecule has 2 aromatic carbocycles. The van der Waals surface area contributed by atoms with Crippen LogP contribution in [0.25, 0.3) is 0 Å². The first-order chi connectivity index (χ1) is 13.7. The maximum atomic E-state index is 12.1. The van der Waals surface area contributed by atoms with Crippen molar-refractivity contribution in [3.05, 3.63) is 66.5 Å². The van der Waals surface area contributed by atoms with Crippen molar-refractivity contribution in [3.63, 3.8) is 0 Å². The number of carbonyl (C=O) groups excluding carboxylic acids is 1. The van der Waals surface area contributed by atoms with Gasteiger partial charge in [0, 0.05) is 6.20 Å². The topological polar surface area (TPSA) is 74.6 Å². The van der Waals surface area contributed by atoms with Crippen LogP contribution >= 0.6 is 0 Å². The number of hydrogen-bond acceptors (Lipinski definition) is 5. The van der Waals surface area contributed by atoms with Crippen molar-refractivity contribution >= 4 is 11.6 Å². The lowest BCUT2D eigenvalue weighted by atomic mass is 10.2. The van der Waals surface area contributed by atoms with Gasteiger partial charge in [-0.25, -0.2) is 0 Å². The van der Waals surface area contributed by atoms with E-state index in [1.165, 1.54) is 0 Å². The zero-order chi connectivity index (χ0) is 19.3. The van der Waals surface area contributed by atoms with Crippen molar-refractivity contribution in [3.8, 4) is 17.2 Å². The maximum Gasteiger partial charge on any atom is 0.262 e. The van der Waals surface area contributed by atoms with E-state index in [0.717, 1.165) is 17.1 Å². The number of amides is 1. The number of nitrogens with one attached hydrogen (secondary N) is 1. The molecule has 1 aliphatic heterocycles. The number of anilines is 1. The average Bonchev–Trinajstić information content (AvgIpc) is 3.13. The van der Waals surface area contributed by atoms with Gasteiger partial charge in [0.25, 0.3) is 5.91 Å². The Morgan fingerprint density at radius 3 is 2.96 bits per heavy atom.